The number of carbonyl (C=O) groups excluding carboxylic acids is 1. The quantitative estimate of drug-likeness (QED) is 0.367. The predicted octanol–water partition coefficient (Wildman–Crippen LogP) is 4.45. The van der Waals surface area contributed by atoms with Crippen LogP contribution >= 0.6 is 11.6 Å². The lowest BCUT2D eigenvalue weighted by atomic mass is 9.91. The van der Waals surface area contributed by atoms with E-state index < -0.39 is 23.6 Å². The van der Waals surface area contributed by atoms with E-state index in [0.717, 1.165) is 6.07 Å². The fourth-order valence-corrected chi connectivity index (χ4v) is 3.64. The van der Waals surface area contributed by atoms with Crippen molar-refractivity contribution in [2.75, 3.05) is 13.2 Å². The van der Waals surface area contributed by atoms with Gasteiger partial charge in [-0.25, -0.2) is 19.5 Å². The van der Waals surface area contributed by atoms with E-state index in [1.165, 1.54) is 16.5 Å². The van der Waals surface area contributed by atoms with E-state index in [1.807, 2.05) is 0 Å². The van der Waals surface area contributed by atoms with Crippen molar-refractivity contribution in [3.63, 3.8) is 0 Å². The number of aliphatic imine (C=N–C) groups is 2. The van der Waals surface area contributed by atoms with Gasteiger partial charge in [0.2, 0.25) is 5.29 Å². The van der Waals surface area contributed by atoms with E-state index in [9.17, 15) is 18.0 Å². The number of amides is 1. The van der Waals surface area contributed by atoms with Crippen LogP contribution in [0.5, 0.6) is 0 Å². The molecule has 12 heteroatoms. The Hall–Kier alpha value is -3.18. The van der Waals surface area contributed by atoms with Crippen LogP contribution in [0.1, 0.15) is 23.9 Å². The molecule has 3 heterocycles. The molecule has 174 valence electrons. The largest absolute Gasteiger partial charge is 0.435 e. The molecule has 1 fully saturated rings. The summed E-state index contributed by atoms with van der Waals surface area (Å²) in [5.41, 5.74) is 0.276. The summed E-state index contributed by atoms with van der Waals surface area (Å²) in [7, 11) is 0. The molecule has 1 spiro atoms. The third-order valence-corrected chi connectivity index (χ3v) is 5.68. The number of benzene rings is 1. The van der Waals surface area contributed by atoms with Crippen molar-refractivity contribution in [3.05, 3.63) is 58.7 Å². The van der Waals surface area contributed by atoms with Crippen LogP contribution in [0, 0.1) is 6.92 Å². The average Bonchev–Trinajstić information content (AvgIpc) is 3.14. The molecule has 2 aromatic rings. The molecule has 0 aliphatic carbocycles. The highest BCUT2D eigenvalue weighted by Gasteiger charge is 2.51. The minimum absolute atomic E-state index is 0.0828. The second-order valence-corrected chi connectivity index (χ2v) is 8.01. The fourth-order valence-electron chi connectivity index (χ4n) is 3.56. The van der Waals surface area contributed by atoms with Gasteiger partial charge in [0.15, 0.2) is 11.3 Å². The molecule has 0 atom stereocenters. The number of amidine groups is 1. The lowest BCUT2D eigenvalue weighted by Gasteiger charge is -2.46. The van der Waals surface area contributed by atoms with Gasteiger partial charge in [-0.15, -0.1) is 0 Å². The van der Waals surface area contributed by atoms with E-state index in [1.54, 1.807) is 31.2 Å². The Labute approximate surface area is 192 Å². The molecule has 8 nitrogen and oxygen atoms in total. The van der Waals surface area contributed by atoms with E-state index in [2.05, 4.69) is 21.8 Å². The first-order valence-corrected chi connectivity index (χ1v) is 10.2. The molecule has 0 unspecified atom stereocenters. The number of rotatable bonds is 4. The van der Waals surface area contributed by atoms with Crippen LogP contribution in [-0.2, 0) is 22.2 Å². The van der Waals surface area contributed by atoms with E-state index >= 15 is 0 Å². The summed E-state index contributed by atoms with van der Waals surface area (Å²) in [6.07, 6.45) is -5.16. The number of ether oxygens (including phenoxy) is 2. The number of carbonyl (C=O) groups is 1. The molecule has 33 heavy (non-hydrogen) atoms. The summed E-state index contributed by atoms with van der Waals surface area (Å²) in [6.45, 7) is 7.17. The minimum Gasteiger partial charge on any atom is -0.433 e. The van der Waals surface area contributed by atoms with Crippen molar-refractivity contribution >= 4 is 29.7 Å². The van der Waals surface area contributed by atoms with Crippen LogP contribution < -0.4 is 0 Å². The highest BCUT2D eigenvalue weighted by atomic mass is 35.5. The van der Waals surface area contributed by atoms with E-state index in [4.69, 9.17) is 21.1 Å². The first-order chi connectivity index (χ1) is 15.5. The van der Waals surface area contributed by atoms with Crippen LogP contribution in [0.4, 0.5) is 18.0 Å². The highest BCUT2D eigenvalue weighted by Crippen LogP contribution is 2.39. The van der Waals surface area contributed by atoms with Gasteiger partial charge < -0.3 is 9.47 Å². The number of nitrogens with zero attached hydrogens (tertiary/aromatic N) is 5. The molecule has 2 aliphatic rings. The second kappa shape index (κ2) is 8.31. The predicted molar refractivity (Wildman–Crippen MR) is 114 cm³/mol. The van der Waals surface area contributed by atoms with Gasteiger partial charge in [-0.2, -0.15) is 18.3 Å². The van der Waals surface area contributed by atoms with Crippen molar-refractivity contribution in [1.29, 1.82) is 0 Å². The summed E-state index contributed by atoms with van der Waals surface area (Å²) in [5, 5.41) is 3.51. The summed E-state index contributed by atoms with van der Waals surface area (Å²) >= 11 is 5.96. The third kappa shape index (κ3) is 4.25. The zero-order chi connectivity index (χ0) is 24.0. The smallest absolute Gasteiger partial charge is 0.433 e. The van der Waals surface area contributed by atoms with Crippen LogP contribution in [0.15, 0.2) is 51.7 Å². The number of aromatic nitrogens is 2. The summed E-state index contributed by atoms with van der Waals surface area (Å²) in [4.78, 5) is 21.9. The molecule has 0 N–H and O–H groups in total. The first-order valence-electron chi connectivity index (χ1n) is 9.78. The third-order valence-electron chi connectivity index (χ3n) is 5.48. The lowest BCUT2D eigenvalue weighted by molar-refractivity contribution is -0.167. The number of halogens is 4. The van der Waals surface area contributed by atoms with Gasteiger partial charge in [0.05, 0.1) is 25.4 Å². The lowest BCUT2D eigenvalue weighted by Crippen LogP contribution is -2.59. The first kappa shape index (κ1) is 23.0. The SMILES string of the molecule is C=NC(Cl)=NC1=C(C)C2(COC2)OC(=O)N1Cc1ccc(-n2nc(C(F)(F)F)cc2C)cc1. The Bertz CT molecular complexity index is 1170. The zero-order valence-corrected chi connectivity index (χ0v) is 18.4. The monoisotopic (exact) mass is 481 g/mol. The van der Waals surface area contributed by atoms with Crippen molar-refractivity contribution in [2.45, 2.75) is 32.2 Å². The van der Waals surface area contributed by atoms with Crippen LogP contribution in [0.2, 0.25) is 0 Å². The summed E-state index contributed by atoms with van der Waals surface area (Å²) < 4.78 is 50.9. The van der Waals surface area contributed by atoms with Crippen LogP contribution in [0.3, 0.4) is 0 Å². The van der Waals surface area contributed by atoms with Crippen LogP contribution in [-0.4, -0.2) is 51.6 Å². The second-order valence-electron chi connectivity index (χ2n) is 7.68. The summed E-state index contributed by atoms with van der Waals surface area (Å²) in [6, 6.07) is 7.57. The average molecular weight is 482 g/mol. The van der Waals surface area contributed by atoms with E-state index in [-0.39, 0.29) is 30.9 Å². The molecule has 1 saturated heterocycles. The molecule has 0 radical (unpaired) electrons. The maximum Gasteiger partial charge on any atom is 0.435 e. The minimum atomic E-state index is -4.53. The van der Waals surface area contributed by atoms with Gasteiger partial charge >= 0.3 is 12.3 Å². The molecule has 0 bridgehead atoms. The fraction of sp³-hybridized carbons (Fsp3) is 0.333. The van der Waals surface area contributed by atoms with Crippen LogP contribution in [0.25, 0.3) is 5.69 Å². The maximum atomic E-state index is 13.0. The Morgan fingerprint density at radius 3 is 2.45 bits per heavy atom. The van der Waals surface area contributed by atoms with Crippen molar-refractivity contribution in [2.24, 2.45) is 9.98 Å². The normalized spacial score (nSPS) is 18.4. The van der Waals surface area contributed by atoms with Gasteiger partial charge in [0.1, 0.15) is 5.82 Å². The molecule has 0 saturated carbocycles. The van der Waals surface area contributed by atoms with Gasteiger partial charge in [0.25, 0.3) is 0 Å². The zero-order valence-electron chi connectivity index (χ0n) is 17.7. The Balaban J connectivity index is 1.62. The molecular formula is C21H19ClF3N5O3. The molecule has 1 amide bonds. The van der Waals surface area contributed by atoms with Gasteiger partial charge in [-0.05, 0) is 55.9 Å². The molecule has 1 aromatic heterocycles. The topological polar surface area (TPSA) is 81.3 Å². The molecule has 4 rings (SSSR count). The summed E-state index contributed by atoms with van der Waals surface area (Å²) in [5.74, 6) is 0.286. The Morgan fingerprint density at radius 1 is 1.27 bits per heavy atom. The number of hydrogen-bond acceptors (Lipinski definition) is 5. The molecule has 1 aromatic carbocycles. The van der Waals surface area contributed by atoms with Gasteiger partial charge in [-0.3, -0.25) is 4.90 Å². The van der Waals surface area contributed by atoms with Gasteiger partial charge in [-0.1, -0.05) is 12.1 Å². The standard InChI is InChI=1S/C21H19ClF3N5O3/c1-12-8-16(21(23,24)25)28-30(12)15-6-4-14(5-7-15)9-29-17(27-18(22)26-3)13(2)20(10-32-11-20)33-19(29)31/h4-8H,3,9-11H2,1-2H3. The molecular weight excluding hydrogens is 463 g/mol. The highest BCUT2D eigenvalue weighted by molar-refractivity contribution is 6.65. The molecule has 2 aliphatic heterocycles. The number of alkyl halides is 3. The van der Waals surface area contributed by atoms with Gasteiger partial charge in [0, 0.05) is 11.3 Å². The van der Waals surface area contributed by atoms with Crippen molar-refractivity contribution < 1.29 is 27.4 Å². The van der Waals surface area contributed by atoms with Crippen molar-refractivity contribution in [3.8, 4) is 5.69 Å². The number of aryl methyl sites for hydroxylation is 1. The van der Waals surface area contributed by atoms with Crippen molar-refractivity contribution in [1.82, 2.24) is 14.7 Å². The van der Waals surface area contributed by atoms with E-state index in [0.29, 0.717) is 22.5 Å². The Morgan fingerprint density at radius 2 is 1.94 bits per heavy atom. The maximum absolute atomic E-state index is 13.0. The Kier molecular flexibility index (Phi) is 5.79. The number of hydrogen-bond donors (Lipinski definition) is 0.